The van der Waals surface area contributed by atoms with Crippen molar-refractivity contribution in [1.82, 2.24) is 5.32 Å². The van der Waals surface area contributed by atoms with Crippen molar-refractivity contribution in [3.05, 3.63) is 34.9 Å². The highest BCUT2D eigenvalue weighted by Gasteiger charge is 2.23. The maximum atomic E-state index is 5.98. The summed E-state index contributed by atoms with van der Waals surface area (Å²) in [4.78, 5) is 0. The lowest BCUT2D eigenvalue weighted by atomic mass is 9.85. The van der Waals surface area contributed by atoms with Crippen molar-refractivity contribution in [3.63, 3.8) is 0 Å². The summed E-state index contributed by atoms with van der Waals surface area (Å²) in [5, 5.41) is 4.69. The van der Waals surface area contributed by atoms with Crippen LogP contribution in [0.5, 0.6) is 0 Å². The summed E-state index contributed by atoms with van der Waals surface area (Å²) in [7, 11) is 0. The van der Waals surface area contributed by atoms with Crippen molar-refractivity contribution in [2.45, 2.75) is 58.5 Å². The molecule has 0 aliphatic heterocycles. The van der Waals surface area contributed by atoms with Gasteiger partial charge in [-0.2, -0.15) is 0 Å². The van der Waals surface area contributed by atoms with E-state index in [1.165, 1.54) is 31.2 Å². The van der Waals surface area contributed by atoms with Crippen LogP contribution in [0.15, 0.2) is 24.3 Å². The maximum absolute atomic E-state index is 5.98. The van der Waals surface area contributed by atoms with Gasteiger partial charge in [0.2, 0.25) is 0 Å². The highest BCUT2D eigenvalue weighted by atomic mass is 35.5. The van der Waals surface area contributed by atoms with E-state index in [0.717, 1.165) is 10.9 Å². The van der Waals surface area contributed by atoms with E-state index in [-0.39, 0.29) is 0 Å². The van der Waals surface area contributed by atoms with E-state index in [1.54, 1.807) is 0 Å². The molecular weight excluding hydrogens is 254 g/mol. The predicted octanol–water partition coefficient (Wildman–Crippen LogP) is 5.21. The average molecular weight is 280 g/mol. The fourth-order valence-corrected chi connectivity index (χ4v) is 3.15. The fraction of sp³-hybridized carbons (Fsp3) is 0.647. The molecule has 1 aliphatic carbocycles. The smallest absolute Gasteiger partial charge is 0.0406 e. The molecule has 106 valence electrons. The molecule has 1 aromatic carbocycles. The van der Waals surface area contributed by atoms with Crippen LogP contribution in [0.1, 0.15) is 58.1 Å². The lowest BCUT2D eigenvalue weighted by Gasteiger charge is -2.33. The van der Waals surface area contributed by atoms with Crippen LogP contribution in [0, 0.1) is 11.8 Å². The Morgan fingerprint density at radius 3 is 2.16 bits per heavy atom. The Hall–Kier alpha value is -0.530. The first-order valence-electron chi connectivity index (χ1n) is 7.57. The van der Waals surface area contributed by atoms with E-state index in [2.05, 4.69) is 38.2 Å². The molecule has 1 aliphatic rings. The highest BCUT2D eigenvalue weighted by Crippen LogP contribution is 2.29. The van der Waals surface area contributed by atoms with Gasteiger partial charge in [0.1, 0.15) is 0 Å². The molecule has 0 radical (unpaired) electrons. The van der Waals surface area contributed by atoms with Crippen molar-refractivity contribution >= 4 is 11.6 Å². The molecule has 19 heavy (non-hydrogen) atoms. The predicted molar refractivity (Wildman–Crippen MR) is 83.6 cm³/mol. The van der Waals surface area contributed by atoms with E-state index >= 15 is 0 Å². The van der Waals surface area contributed by atoms with E-state index in [4.69, 9.17) is 11.6 Å². The summed E-state index contributed by atoms with van der Waals surface area (Å²) in [6.07, 6.45) is 5.36. The van der Waals surface area contributed by atoms with E-state index in [1.807, 2.05) is 12.1 Å². The summed E-state index contributed by atoms with van der Waals surface area (Å²) in [5.74, 6) is 1.51. The van der Waals surface area contributed by atoms with Gasteiger partial charge in [-0.25, -0.2) is 0 Å². The molecule has 1 saturated carbocycles. The minimum absolute atomic E-state index is 0.440. The molecular formula is C17H26ClN. The average Bonchev–Trinajstić information content (AvgIpc) is 2.39. The van der Waals surface area contributed by atoms with E-state index in [0.29, 0.717) is 18.0 Å². The van der Waals surface area contributed by atoms with Gasteiger partial charge in [-0.15, -0.1) is 0 Å². The molecule has 0 spiro atoms. The van der Waals surface area contributed by atoms with Gasteiger partial charge >= 0.3 is 0 Å². The first-order valence-corrected chi connectivity index (χ1v) is 7.95. The van der Waals surface area contributed by atoms with Gasteiger partial charge in [0, 0.05) is 17.1 Å². The molecule has 0 saturated heterocycles. The molecule has 2 heteroatoms. The number of benzene rings is 1. The van der Waals surface area contributed by atoms with Crippen LogP contribution >= 0.6 is 11.6 Å². The van der Waals surface area contributed by atoms with E-state index < -0.39 is 0 Å². The fourth-order valence-electron chi connectivity index (χ4n) is 3.02. The van der Waals surface area contributed by atoms with Gasteiger partial charge in [0.05, 0.1) is 0 Å². The second kappa shape index (κ2) is 6.76. The topological polar surface area (TPSA) is 12.0 Å². The molecule has 1 nitrogen and oxygen atoms in total. The monoisotopic (exact) mass is 279 g/mol. The minimum atomic E-state index is 0.440. The van der Waals surface area contributed by atoms with Crippen LogP contribution in [0.2, 0.25) is 5.02 Å². The van der Waals surface area contributed by atoms with Crippen LogP contribution in [-0.2, 0) is 0 Å². The Kier molecular flexibility index (Phi) is 5.29. The van der Waals surface area contributed by atoms with Gasteiger partial charge in [0.15, 0.2) is 0 Å². The largest absolute Gasteiger partial charge is 0.307 e. The molecule has 0 aromatic heterocycles. The quantitative estimate of drug-likeness (QED) is 0.798. The van der Waals surface area contributed by atoms with E-state index in [9.17, 15) is 0 Å². The van der Waals surface area contributed by atoms with Crippen molar-refractivity contribution in [1.29, 1.82) is 0 Å². The third-order valence-corrected chi connectivity index (χ3v) is 4.58. The molecule has 1 atom stereocenters. The molecule has 0 amide bonds. The van der Waals surface area contributed by atoms with Gasteiger partial charge in [0.25, 0.3) is 0 Å². The summed E-state index contributed by atoms with van der Waals surface area (Å²) >= 11 is 5.98. The Labute approximate surface area is 122 Å². The lowest BCUT2D eigenvalue weighted by Crippen LogP contribution is -2.37. The summed E-state index contributed by atoms with van der Waals surface area (Å²) in [6.45, 7) is 6.95. The number of hydrogen-bond acceptors (Lipinski definition) is 1. The second-order valence-corrected chi connectivity index (χ2v) is 6.83. The Morgan fingerprint density at radius 1 is 1.05 bits per heavy atom. The minimum Gasteiger partial charge on any atom is -0.307 e. The third-order valence-electron chi connectivity index (χ3n) is 4.33. The zero-order valence-electron chi connectivity index (χ0n) is 12.3. The standard InChI is InChI=1S/C17H26ClN/c1-12(2)17(14-6-8-15(18)9-7-14)19-16-10-4-13(3)5-11-16/h6-9,12-13,16-17,19H,4-5,10-11H2,1-3H3. The molecule has 1 unspecified atom stereocenters. The van der Waals surface area contributed by atoms with Crippen LogP contribution in [0.4, 0.5) is 0 Å². The van der Waals surface area contributed by atoms with Gasteiger partial charge < -0.3 is 5.32 Å². The SMILES string of the molecule is CC1CCC(NC(c2ccc(Cl)cc2)C(C)C)CC1. The van der Waals surface area contributed by atoms with Gasteiger partial charge in [-0.3, -0.25) is 0 Å². The van der Waals surface area contributed by atoms with Crippen LogP contribution in [-0.4, -0.2) is 6.04 Å². The first kappa shape index (κ1) is 14.9. The van der Waals surface area contributed by atoms with Crippen LogP contribution in [0.25, 0.3) is 0 Å². The highest BCUT2D eigenvalue weighted by molar-refractivity contribution is 6.30. The van der Waals surface area contributed by atoms with Crippen molar-refractivity contribution in [3.8, 4) is 0 Å². The van der Waals surface area contributed by atoms with Crippen LogP contribution < -0.4 is 5.32 Å². The Bertz CT molecular complexity index is 377. The molecule has 0 heterocycles. The Morgan fingerprint density at radius 2 is 1.63 bits per heavy atom. The molecule has 1 N–H and O–H groups in total. The lowest BCUT2D eigenvalue weighted by molar-refractivity contribution is 0.265. The zero-order chi connectivity index (χ0) is 13.8. The summed E-state index contributed by atoms with van der Waals surface area (Å²) < 4.78 is 0. The van der Waals surface area contributed by atoms with Crippen molar-refractivity contribution in [2.75, 3.05) is 0 Å². The third kappa shape index (κ3) is 4.22. The zero-order valence-corrected chi connectivity index (χ0v) is 13.1. The molecule has 0 bridgehead atoms. The molecule has 1 aromatic rings. The van der Waals surface area contributed by atoms with Crippen molar-refractivity contribution < 1.29 is 0 Å². The summed E-state index contributed by atoms with van der Waals surface area (Å²) in [6, 6.07) is 9.43. The maximum Gasteiger partial charge on any atom is 0.0406 e. The number of rotatable bonds is 4. The van der Waals surface area contributed by atoms with Gasteiger partial charge in [-0.1, -0.05) is 44.5 Å². The molecule has 1 fully saturated rings. The number of hydrogen-bond donors (Lipinski definition) is 1. The number of halogens is 1. The van der Waals surface area contributed by atoms with Crippen LogP contribution in [0.3, 0.4) is 0 Å². The molecule has 2 rings (SSSR count). The second-order valence-electron chi connectivity index (χ2n) is 6.40. The summed E-state index contributed by atoms with van der Waals surface area (Å²) in [5.41, 5.74) is 1.36. The van der Waals surface area contributed by atoms with Crippen molar-refractivity contribution in [2.24, 2.45) is 11.8 Å². The normalized spacial score (nSPS) is 25.5. The number of nitrogens with one attached hydrogen (secondary N) is 1. The van der Waals surface area contributed by atoms with Gasteiger partial charge in [-0.05, 0) is 55.2 Å². The Balaban J connectivity index is 2.02. The first-order chi connectivity index (χ1) is 9.06.